The zero-order chi connectivity index (χ0) is 13.9. The van der Waals surface area contributed by atoms with Crippen LogP contribution < -0.4 is 10.1 Å². The van der Waals surface area contributed by atoms with Gasteiger partial charge >= 0.3 is 0 Å². The molecule has 1 N–H and O–H groups in total. The first kappa shape index (κ1) is 13.3. The largest absolute Gasteiger partial charge is 0.495 e. The molecule has 1 aliphatic rings. The molecule has 2 nitrogen and oxygen atoms in total. The van der Waals surface area contributed by atoms with Crippen LogP contribution in [0.2, 0.25) is 5.02 Å². The maximum absolute atomic E-state index is 6.11. The fraction of sp³-hybridized carbons (Fsp3) is 0.294. The zero-order valence-electron chi connectivity index (χ0n) is 11.5. The predicted molar refractivity (Wildman–Crippen MR) is 83.7 cm³/mol. The highest BCUT2D eigenvalue weighted by Gasteiger charge is 2.22. The highest BCUT2D eigenvalue weighted by molar-refractivity contribution is 6.32. The van der Waals surface area contributed by atoms with Crippen molar-refractivity contribution in [3.05, 3.63) is 58.6 Å². The molecule has 0 unspecified atom stereocenters. The quantitative estimate of drug-likeness (QED) is 0.850. The summed E-state index contributed by atoms with van der Waals surface area (Å²) in [5.41, 5.74) is 3.75. The number of hydrogen-bond donors (Lipinski definition) is 1. The van der Waals surface area contributed by atoms with Gasteiger partial charge in [0.15, 0.2) is 0 Å². The van der Waals surface area contributed by atoms with Crippen LogP contribution in [0.3, 0.4) is 0 Å². The van der Waals surface area contributed by atoms with Gasteiger partial charge in [-0.05, 0) is 48.1 Å². The van der Waals surface area contributed by atoms with Gasteiger partial charge in [-0.25, -0.2) is 0 Å². The van der Waals surface area contributed by atoms with Gasteiger partial charge in [-0.1, -0.05) is 35.9 Å². The van der Waals surface area contributed by atoms with Crippen molar-refractivity contribution in [2.45, 2.75) is 25.3 Å². The summed E-state index contributed by atoms with van der Waals surface area (Å²) in [5, 5.41) is 4.00. The highest BCUT2D eigenvalue weighted by atomic mass is 35.5. The molecule has 104 valence electrons. The van der Waals surface area contributed by atoms with E-state index in [9.17, 15) is 0 Å². The van der Waals surface area contributed by atoms with Crippen molar-refractivity contribution in [2.75, 3.05) is 12.4 Å². The van der Waals surface area contributed by atoms with Crippen molar-refractivity contribution in [3.8, 4) is 5.75 Å². The Morgan fingerprint density at radius 1 is 1.15 bits per heavy atom. The van der Waals surface area contributed by atoms with Crippen LogP contribution >= 0.6 is 11.6 Å². The molecule has 3 rings (SSSR count). The number of anilines is 1. The van der Waals surface area contributed by atoms with Crippen LogP contribution in [-0.4, -0.2) is 7.11 Å². The lowest BCUT2D eigenvalue weighted by atomic mass is 10.1. The van der Waals surface area contributed by atoms with Crippen LogP contribution in [0.1, 0.15) is 29.9 Å². The average Bonchev–Trinajstić information content (AvgIpc) is 3.30. The molecule has 0 atom stereocenters. The van der Waals surface area contributed by atoms with Crippen molar-refractivity contribution in [1.29, 1.82) is 0 Å². The Kier molecular flexibility index (Phi) is 3.83. The molecule has 1 aliphatic carbocycles. The van der Waals surface area contributed by atoms with E-state index in [0.29, 0.717) is 10.8 Å². The predicted octanol–water partition coefficient (Wildman–Crippen LogP) is 4.84. The lowest BCUT2D eigenvalue weighted by Gasteiger charge is -2.09. The van der Waals surface area contributed by atoms with Gasteiger partial charge < -0.3 is 10.1 Å². The molecule has 1 fully saturated rings. The highest BCUT2D eigenvalue weighted by Crippen LogP contribution is 2.39. The first-order chi connectivity index (χ1) is 9.76. The third-order valence-electron chi connectivity index (χ3n) is 3.68. The normalized spacial score (nSPS) is 14.1. The molecule has 0 radical (unpaired) electrons. The zero-order valence-corrected chi connectivity index (χ0v) is 12.3. The number of ether oxygens (including phenoxy) is 1. The van der Waals surface area contributed by atoms with Gasteiger partial charge in [0.2, 0.25) is 0 Å². The summed E-state index contributed by atoms with van der Waals surface area (Å²) in [7, 11) is 1.62. The summed E-state index contributed by atoms with van der Waals surface area (Å²) in [4.78, 5) is 0. The van der Waals surface area contributed by atoms with Gasteiger partial charge in [-0.2, -0.15) is 0 Å². The van der Waals surface area contributed by atoms with Crippen LogP contribution in [0, 0.1) is 0 Å². The smallest absolute Gasteiger partial charge is 0.137 e. The number of nitrogens with one attached hydrogen (secondary N) is 1. The molecule has 1 saturated carbocycles. The van der Waals surface area contributed by atoms with E-state index in [0.717, 1.165) is 18.2 Å². The van der Waals surface area contributed by atoms with Gasteiger partial charge in [0.25, 0.3) is 0 Å². The van der Waals surface area contributed by atoms with Crippen molar-refractivity contribution >= 4 is 17.3 Å². The molecule has 0 spiro atoms. The van der Waals surface area contributed by atoms with E-state index in [1.165, 1.54) is 24.0 Å². The summed E-state index contributed by atoms with van der Waals surface area (Å²) in [6.07, 6.45) is 2.70. The van der Waals surface area contributed by atoms with Crippen LogP contribution in [0.25, 0.3) is 0 Å². The van der Waals surface area contributed by atoms with Crippen LogP contribution in [0.4, 0.5) is 5.69 Å². The second-order valence-electron chi connectivity index (χ2n) is 5.22. The molecule has 0 saturated heterocycles. The van der Waals surface area contributed by atoms with E-state index in [-0.39, 0.29) is 0 Å². The molecule has 3 heteroatoms. The Bertz CT molecular complexity index is 590. The topological polar surface area (TPSA) is 21.3 Å². The van der Waals surface area contributed by atoms with Crippen molar-refractivity contribution in [3.63, 3.8) is 0 Å². The average molecular weight is 288 g/mol. The van der Waals surface area contributed by atoms with Crippen molar-refractivity contribution in [2.24, 2.45) is 0 Å². The second kappa shape index (κ2) is 5.76. The maximum Gasteiger partial charge on any atom is 0.137 e. The summed E-state index contributed by atoms with van der Waals surface area (Å²) < 4.78 is 5.14. The monoisotopic (exact) mass is 287 g/mol. The van der Waals surface area contributed by atoms with Crippen LogP contribution in [0.5, 0.6) is 5.75 Å². The molecule has 20 heavy (non-hydrogen) atoms. The third-order valence-corrected chi connectivity index (χ3v) is 3.97. The molecule has 0 heterocycles. The Morgan fingerprint density at radius 2 is 1.90 bits per heavy atom. The number of methoxy groups -OCH3 is 1. The first-order valence-corrected chi connectivity index (χ1v) is 7.30. The number of hydrogen-bond acceptors (Lipinski definition) is 2. The maximum atomic E-state index is 6.11. The molecular weight excluding hydrogens is 270 g/mol. The van der Waals surface area contributed by atoms with Gasteiger partial charge in [-0.3, -0.25) is 0 Å². The van der Waals surface area contributed by atoms with E-state index >= 15 is 0 Å². The van der Waals surface area contributed by atoms with Crippen LogP contribution in [0.15, 0.2) is 42.5 Å². The number of benzene rings is 2. The third kappa shape index (κ3) is 3.07. The molecule has 0 amide bonds. The second-order valence-corrected chi connectivity index (χ2v) is 5.63. The fourth-order valence-electron chi connectivity index (χ4n) is 2.30. The molecule has 2 aromatic carbocycles. The minimum atomic E-state index is 0.626. The minimum Gasteiger partial charge on any atom is -0.495 e. The van der Waals surface area contributed by atoms with Gasteiger partial charge in [0.05, 0.1) is 12.1 Å². The molecule has 2 aromatic rings. The van der Waals surface area contributed by atoms with E-state index in [1.807, 2.05) is 18.2 Å². The van der Waals surface area contributed by atoms with Gasteiger partial charge in [0.1, 0.15) is 5.75 Å². The molecule has 0 bridgehead atoms. The Balaban J connectivity index is 1.62. The molecule has 0 aromatic heterocycles. The van der Waals surface area contributed by atoms with E-state index in [1.54, 1.807) is 7.11 Å². The minimum absolute atomic E-state index is 0.626. The summed E-state index contributed by atoms with van der Waals surface area (Å²) in [6.45, 7) is 0.799. The SMILES string of the molecule is COc1ccc(NCc2ccc(C3CC3)cc2)cc1Cl. The summed E-state index contributed by atoms with van der Waals surface area (Å²) in [6, 6.07) is 14.6. The fourth-order valence-corrected chi connectivity index (χ4v) is 2.56. The lowest BCUT2D eigenvalue weighted by Crippen LogP contribution is -1.99. The van der Waals surface area contributed by atoms with Crippen molar-refractivity contribution < 1.29 is 4.74 Å². The van der Waals surface area contributed by atoms with E-state index < -0.39 is 0 Å². The van der Waals surface area contributed by atoms with Crippen LogP contribution in [-0.2, 0) is 6.54 Å². The lowest BCUT2D eigenvalue weighted by molar-refractivity contribution is 0.415. The summed E-state index contributed by atoms with van der Waals surface area (Å²) >= 11 is 6.11. The van der Waals surface area contributed by atoms with E-state index in [2.05, 4.69) is 29.6 Å². The van der Waals surface area contributed by atoms with E-state index in [4.69, 9.17) is 16.3 Å². The Morgan fingerprint density at radius 3 is 2.50 bits per heavy atom. The first-order valence-electron chi connectivity index (χ1n) is 6.92. The van der Waals surface area contributed by atoms with Gasteiger partial charge in [-0.15, -0.1) is 0 Å². The Hall–Kier alpha value is -1.67. The molecular formula is C17H18ClNO. The number of rotatable bonds is 5. The Labute approximate surface area is 124 Å². The van der Waals surface area contributed by atoms with Crippen molar-refractivity contribution in [1.82, 2.24) is 0 Å². The standard InChI is InChI=1S/C17H18ClNO/c1-20-17-9-8-15(10-16(17)18)19-11-12-2-4-13(5-3-12)14-6-7-14/h2-5,8-10,14,19H,6-7,11H2,1H3. The number of halogens is 1. The summed E-state index contributed by atoms with van der Waals surface area (Å²) in [5.74, 6) is 1.52. The molecule has 0 aliphatic heterocycles. The van der Waals surface area contributed by atoms with Gasteiger partial charge in [0, 0.05) is 12.2 Å².